The molecule has 2 heteroatoms. The van der Waals surface area contributed by atoms with Crippen LogP contribution in [0.4, 0.5) is 0 Å². The smallest absolute Gasteiger partial charge is 0.135 e. The van der Waals surface area contributed by atoms with Crippen LogP contribution < -0.4 is 4.74 Å². The lowest BCUT2D eigenvalue weighted by atomic mass is 10.2. The Bertz CT molecular complexity index is 374. The van der Waals surface area contributed by atoms with Gasteiger partial charge >= 0.3 is 0 Å². The number of benzene rings is 1. The maximum absolute atomic E-state index is 8.67. The standard InChI is InChI=1S/C14H18O2/c1-3-7-12(2)16-14-10-5-4-8-13(14)9-6-11-15/h4-5,8,10,12,15H,3,7,11H2,1-2H3. The minimum Gasteiger partial charge on any atom is -0.489 e. The molecule has 0 aliphatic heterocycles. The minimum absolute atomic E-state index is 0.126. The van der Waals surface area contributed by atoms with E-state index in [1.807, 2.05) is 24.3 Å². The van der Waals surface area contributed by atoms with Crippen molar-refractivity contribution in [2.45, 2.75) is 32.8 Å². The summed E-state index contributed by atoms with van der Waals surface area (Å²) in [5.41, 5.74) is 0.833. The second kappa shape index (κ2) is 6.92. The Morgan fingerprint density at radius 2 is 2.12 bits per heavy atom. The predicted octanol–water partition coefficient (Wildman–Crippen LogP) is 2.60. The van der Waals surface area contributed by atoms with E-state index in [1.165, 1.54) is 0 Å². The third kappa shape index (κ3) is 3.96. The maximum Gasteiger partial charge on any atom is 0.135 e. The highest BCUT2D eigenvalue weighted by molar-refractivity contribution is 5.45. The summed E-state index contributed by atoms with van der Waals surface area (Å²) in [6.45, 7) is 4.07. The van der Waals surface area contributed by atoms with Gasteiger partial charge in [-0.2, -0.15) is 0 Å². The van der Waals surface area contributed by atoms with E-state index < -0.39 is 0 Å². The molecule has 0 aliphatic rings. The molecule has 86 valence electrons. The molecule has 0 saturated heterocycles. The van der Waals surface area contributed by atoms with Crippen molar-refractivity contribution < 1.29 is 9.84 Å². The van der Waals surface area contributed by atoms with Gasteiger partial charge in [-0.15, -0.1) is 0 Å². The van der Waals surface area contributed by atoms with Crippen LogP contribution in [0.5, 0.6) is 5.75 Å². The van der Waals surface area contributed by atoms with Crippen LogP contribution in [-0.4, -0.2) is 17.8 Å². The van der Waals surface area contributed by atoms with E-state index in [0.29, 0.717) is 0 Å². The first-order valence-electron chi connectivity index (χ1n) is 5.63. The first kappa shape index (κ1) is 12.6. The van der Waals surface area contributed by atoms with Crippen LogP contribution >= 0.6 is 0 Å². The topological polar surface area (TPSA) is 29.5 Å². The molecule has 0 aliphatic carbocycles. The Labute approximate surface area is 97.3 Å². The minimum atomic E-state index is -0.126. The second-order valence-corrected chi connectivity index (χ2v) is 3.67. The zero-order valence-electron chi connectivity index (χ0n) is 9.86. The molecule has 1 aromatic rings. The van der Waals surface area contributed by atoms with Gasteiger partial charge in [-0.3, -0.25) is 0 Å². The maximum atomic E-state index is 8.67. The highest BCUT2D eigenvalue weighted by Gasteiger charge is 2.05. The molecule has 0 aromatic heterocycles. The lowest BCUT2D eigenvalue weighted by molar-refractivity contribution is 0.209. The monoisotopic (exact) mass is 218 g/mol. The summed E-state index contributed by atoms with van der Waals surface area (Å²) >= 11 is 0. The Hall–Kier alpha value is -1.46. The fraction of sp³-hybridized carbons (Fsp3) is 0.429. The third-order valence-corrected chi connectivity index (χ3v) is 2.21. The molecule has 2 nitrogen and oxygen atoms in total. The molecule has 0 amide bonds. The molecule has 1 rings (SSSR count). The molecule has 1 unspecified atom stereocenters. The van der Waals surface area contributed by atoms with Crippen molar-refractivity contribution >= 4 is 0 Å². The molecule has 0 fully saturated rings. The van der Waals surface area contributed by atoms with Crippen molar-refractivity contribution in [1.29, 1.82) is 0 Å². The number of aliphatic hydroxyl groups excluding tert-OH is 1. The van der Waals surface area contributed by atoms with Gasteiger partial charge in [0.2, 0.25) is 0 Å². The van der Waals surface area contributed by atoms with E-state index in [1.54, 1.807) is 0 Å². The molecule has 1 aromatic carbocycles. The SMILES string of the molecule is CCCC(C)Oc1ccccc1C#CCO. The van der Waals surface area contributed by atoms with E-state index >= 15 is 0 Å². The van der Waals surface area contributed by atoms with E-state index in [-0.39, 0.29) is 12.7 Å². The van der Waals surface area contributed by atoms with Gasteiger partial charge in [0.15, 0.2) is 0 Å². The van der Waals surface area contributed by atoms with Crippen molar-refractivity contribution in [3.8, 4) is 17.6 Å². The third-order valence-electron chi connectivity index (χ3n) is 2.21. The van der Waals surface area contributed by atoms with Crippen LogP contribution in [0.1, 0.15) is 32.3 Å². The average molecular weight is 218 g/mol. The van der Waals surface area contributed by atoms with Crippen molar-refractivity contribution in [3.05, 3.63) is 29.8 Å². The van der Waals surface area contributed by atoms with Crippen LogP contribution in [0.2, 0.25) is 0 Å². The summed E-state index contributed by atoms with van der Waals surface area (Å²) in [5, 5.41) is 8.67. The number of para-hydroxylation sites is 1. The van der Waals surface area contributed by atoms with Crippen molar-refractivity contribution in [2.24, 2.45) is 0 Å². The Morgan fingerprint density at radius 1 is 1.38 bits per heavy atom. The molecule has 16 heavy (non-hydrogen) atoms. The number of hydrogen-bond donors (Lipinski definition) is 1. The molecule has 0 spiro atoms. The number of aliphatic hydroxyl groups is 1. The van der Waals surface area contributed by atoms with Crippen LogP contribution in [0.3, 0.4) is 0 Å². The van der Waals surface area contributed by atoms with Gasteiger partial charge in [0.1, 0.15) is 12.4 Å². The molecule has 0 bridgehead atoms. The second-order valence-electron chi connectivity index (χ2n) is 3.67. The molecule has 1 atom stereocenters. The lowest BCUT2D eigenvalue weighted by Gasteiger charge is -2.14. The molecule has 0 radical (unpaired) electrons. The van der Waals surface area contributed by atoms with E-state index in [2.05, 4.69) is 25.7 Å². The van der Waals surface area contributed by atoms with Gasteiger partial charge in [0.25, 0.3) is 0 Å². The normalized spacial score (nSPS) is 11.4. The summed E-state index contributed by atoms with van der Waals surface area (Å²) in [5.74, 6) is 6.32. The average Bonchev–Trinajstić information content (AvgIpc) is 2.28. The fourth-order valence-corrected chi connectivity index (χ4v) is 1.49. The highest BCUT2D eigenvalue weighted by atomic mass is 16.5. The van der Waals surface area contributed by atoms with Crippen molar-refractivity contribution in [3.63, 3.8) is 0 Å². The lowest BCUT2D eigenvalue weighted by Crippen LogP contribution is -2.11. The van der Waals surface area contributed by atoms with Crippen LogP contribution in [0, 0.1) is 11.8 Å². The fourth-order valence-electron chi connectivity index (χ4n) is 1.49. The van der Waals surface area contributed by atoms with Gasteiger partial charge in [-0.25, -0.2) is 0 Å². The summed E-state index contributed by atoms with van der Waals surface area (Å²) < 4.78 is 5.80. The quantitative estimate of drug-likeness (QED) is 0.787. The molecule has 0 saturated carbocycles. The van der Waals surface area contributed by atoms with E-state index in [4.69, 9.17) is 9.84 Å². The van der Waals surface area contributed by atoms with Gasteiger partial charge in [0, 0.05) is 0 Å². The van der Waals surface area contributed by atoms with Gasteiger partial charge in [0.05, 0.1) is 11.7 Å². The van der Waals surface area contributed by atoms with Crippen molar-refractivity contribution in [2.75, 3.05) is 6.61 Å². The van der Waals surface area contributed by atoms with E-state index in [9.17, 15) is 0 Å². The summed E-state index contributed by atoms with van der Waals surface area (Å²) in [7, 11) is 0. The molecule has 0 heterocycles. The molecular formula is C14H18O2. The summed E-state index contributed by atoms with van der Waals surface area (Å²) in [6, 6.07) is 7.65. The van der Waals surface area contributed by atoms with Crippen LogP contribution in [-0.2, 0) is 0 Å². The predicted molar refractivity (Wildman–Crippen MR) is 65.4 cm³/mol. The van der Waals surface area contributed by atoms with Crippen molar-refractivity contribution in [1.82, 2.24) is 0 Å². The highest BCUT2D eigenvalue weighted by Crippen LogP contribution is 2.19. The zero-order valence-corrected chi connectivity index (χ0v) is 9.86. The van der Waals surface area contributed by atoms with Gasteiger partial charge < -0.3 is 9.84 Å². The molecular weight excluding hydrogens is 200 g/mol. The first-order chi connectivity index (χ1) is 7.77. The van der Waals surface area contributed by atoms with Gasteiger partial charge in [-0.1, -0.05) is 37.3 Å². The van der Waals surface area contributed by atoms with Crippen LogP contribution in [0.25, 0.3) is 0 Å². The number of ether oxygens (including phenoxy) is 1. The van der Waals surface area contributed by atoms with E-state index in [0.717, 1.165) is 24.2 Å². The van der Waals surface area contributed by atoms with Gasteiger partial charge in [-0.05, 0) is 25.5 Å². The number of rotatable bonds is 4. The summed E-state index contributed by atoms with van der Waals surface area (Å²) in [4.78, 5) is 0. The summed E-state index contributed by atoms with van der Waals surface area (Å²) in [6.07, 6.45) is 2.33. The Balaban J connectivity index is 2.78. The first-order valence-corrected chi connectivity index (χ1v) is 5.63. The zero-order chi connectivity index (χ0) is 11.8. The Kier molecular flexibility index (Phi) is 5.45. The largest absolute Gasteiger partial charge is 0.489 e. The Morgan fingerprint density at radius 3 is 2.81 bits per heavy atom. The molecule has 1 N–H and O–H groups in total. The van der Waals surface area contributed by atoms with Crippen LogP contribution in [0.15, 0.2) is 24.3 Å². The number of hydrogen-bond acceptors (Lipinski definition) is 2.